The van der Waals surface area contributed by atoms with E-state index in [1.807, 2.05) is 25.8 Å². The maximum atomic E-state index is 12.5. The molecule has 0 aliphatic carbocycles. The fourth-order valence-electron chi connectivity index (χ4n) is 2.88. The Balaban J connectivity index is 1.71. The summed E-state index contributed by atoms with van der Waals surface area (Å²) >= 11 is 0. The third kappa shape index (κ3) is 3.50. The molecule has 7 nitrogen and oxygen atoms in total. The van der Waals surface area contributed by atoms with Gasteiger partial charge in [0.2, 0.25) is 15.9 Å². The van der Waals surface area contributed by atoms with Crippen LogP contribution in [-0.2, 0) is 10.0 Å². The van der Waals surface area contributed by atoms with Crippen LogP contribution in [0.3, 0.4) is 0 Å². The SMILES string of the molecule is CC(C)c1noc(C2CC(NS(=O)(=O)c3ccccc3)CN2C)n1. The molecule has 0 radical (unpaired) electrons. The van der Waals surface area contributed by atoms with Gasteiger partial charge >= 0.3 is 0 Å². The second-order valence-corrected chi connectivity index (χ2v) is 8.18. The summed E-state index contributed by atoms with van der Waals surface area (Å²) in [6.07, 6.45) is 0.599. The van der Waals surface area contributed by atoms with Crippen LogP contribution in [0.1, 0.15) is 43.9 Å². The molecule has 130 valence electrons. The monoisotopic (exact) mass is 350 g/mol. The third-order valence-corrected chi connectivity index (χ3v) is 5.72. The standard InChI is InChI=1S/C16H22N4O3S/c1-11(2)15-17-16(23-18-15)14-9-12(10-20(14)3)19-24(21,22)13-7-5-4-6-8-13/h4-8,11-12,14,19H,9-10H2,1-3H3. The molecule has 1 aliphatic heterocycles. The summed E-state index contributed by atoms with van der Waals surface area (Å²) in [7, 11) is -1.59. The second kappa shape index (κ2) is 6.62. The molecule has 8 heteroatoms. The Kier molecular flexibility index (Phi) is 4.71. The normalized spacial score (nSPS) is 22.3. The molecule has 2 unspecified atom stereocenters. The van der Waals surface area contributed by atoms with Crippen LogP contribution in [0, 0.1) is 0 Å². The summed E-state index contributed by atoms with van der Waals surface area (Å²) in [4.78, 5) is 6.75. The molecule has 1 fully saturated rings. The average molecular weight is 350 g/mol. The van der Waals surface area contributed by atoms with Crippen molar-refractivity contribution >= 4 is 10.0 Å². The van der Waals surface area contributed by atoms with Crippen LogP contribution in [-0.4, -0.2) is 43.1 Å². The molecule has 1 N–H and O–H groups in total. The van der Waals surface area contributed by atoms with E-state index in [1.165, 1.54) is 0 Å². The number of hydrogen-bond donors (Lipinski definition) is 1. The molecule has 2 aromatic rings. The third-order valence-electron chi connectivity index (χ3n) is 4.18. The lowest BCUT2D eigenvalue weighted by atomic mass is 10.2. The molecule has 1 aromatic heterocycles. The molecule has 1 aromatic carbocycles. The van der Waals surface area contributed by atoms with Crippen molar-refractivity contribution in [2.24, 2.45) is 0 Å². The first-order valence-corrected chi connectivity index (χ1v) is 9.46. The number of nitrogens with zero attached hydrogens (tertiary/aromatic N) is 3. The first-order valence-electron chi connectivity index (χ1n) is 7.98. The number of rotatable bonds is 5. The molecule has 0 amide bonds. The number of hydrogen-bond acceptors (Lipinski definition) is 6. The van der Waals surface area contributed by atoms with E-state index < -0.39 is 10.0 Å². The first-order chi connectivity index (χ1) is 11.4. The van der Waals surface area contributed by atoms with Gasteiger partial charge in [0.05, 0.1) is 10.9 Å². The Labute approximate surface area is 142 Å². The summed E-state index contributed by atoms with van der Waals surface area (Å²) in [6, 6.07) is 8.12. The maximum absolute atomic E-state index is 12.5. The van der Waals surface area contributed by atoms with E-state index >= 15 is 0 Å². The molecular formula is C16H22N4O3S. The van der Waals surface area contributed by atoms with Gasteiger partial charge in [-0.05, 0) is 25.6 Å². The van der Waals surface area contributed by atoms with E-state index in [0.717, 1.165) is 0 Å². The van der Waals surface area contributed by atoms with Crippen LogP contribution in [0.4, 0.5) is 0 Å². The number of sulfonamides is 1. The lowest BCUT2D eigenvalue weighted by Crippen LogP contribution is -2.36. The molecule has 3 rings (SSSR count). The quantitative estimate of drug-likeness (QED) is 0.886. The van der Waals surface area contributed by atoms with Crippen LogP contribution in [0.15, 0.2) is 39.8 Å². The second-order valence-electron chi connectivity index (χ2n) is 6.47. The van der Waals surface area contributed by atoms with Gasteiger partial charge in [-0.15, -0.1) is 0 Å². The van der Waals surface area contributed by atoms with Crippen molar-refractivity contribution in [3.63, 3.8) is 0 Å². The zero-order valence-corrected chi connectivity index (χ0v) is 14.8. The fraction of sp³-hybridized carbons (Fsp3) is 0.500. The number of likely N-dealkylation sites (N-methyl/N-ethyl adjacent to an activating group) is 1. The fourth-order valence-corrected chi connectivity index (χ4v) is 4.14. The Hall–Kier alpha value is -1.77. The predicted octanol–water partition coefficient (Wildman–Crippen LogP) is 1.92. The summed E-state index contributed by atoms with van der Waals surface area (Å²) < 4.78 is 33.0. The Morgan fingerprint density at radius 2 is 2.00 bits per heavy atom. The topological polar surface area (TPSA) is 88.3 Å². The van der Waals surface area contributed by atoms with Gasteiger partial charge in [-0.25, -0.2) is 13.1 Å². The van der Waals surface area contributed by atoms with Gasteiger partial charge in [0.25, 0.3) is 0 Å². The molecular weight excluding hydrogens is 328 g/mol. The molecule has 0 saturated carbocycles. The van der Waals surface area contributed by atoms with Crippen molar-refractivity contribution in [3.05, 3.63) is 42.0 Å². The van der Waals surface area contributed by atoms with Gasteiger partial charge in [0.15, 0.2) is 5.82 Å². The van der Waals surface area contributed by atoms with Gasteiger partial charge in [0.1, 0.15) is 0 Å². The molecule has 0 bridgehead atoms. The minimum absolute atomic E-state index is 0.0755. The maximum Gasteiger partial charge on any atom is 0.244 e. The summed E-state index contributed by atoms with van der Waals surface area (Å²) in [5.41, 5.74) is 0. The van der Waals surface area contributed by atoms with Gasteiger partial charge in [-0.2, -0.15) is 4.98 Å². The van der Waals surface area contributed by atoms with E-state index in [2.05, 4.69) is 14.9 Å². The lowest BCUT2D eigenvalue weighted by molar-refractivity contribution is 0.244. The van der Waals surface area contributed by atoms with Crippen LogP contribution in [0.2, 0.25) is 0 Å². The zero-order chi connectivity index (χ0) is 17.3. The van der Waals surface area contributed by atoms with Crippen LogP contribution in [0.5, 0.6) is 0 Å². The minimum atomic E-state index is -3.52. The number of likely N-dealkylation sites (tertiary alicyclic amines) is 1. The first kappa shape index (κ1) is 17.1. The lowest BCUT2D eigenvalue weighted by Gasteiger charge is -2.14. The van der Waals surface area contributed by atoms with E-state index in [4.69, 9.17) is 4.52 Å². The molecule has 24 heavy (non-hydrogen) atoms. The van der Waals surface area contributed by atoms with E-state index in [0.29, 0.717) is 24.7 Å². The largest absolute Gasteiger partial charge is 0.338 e. The van der Waals surface area contributed by atoms with Gasteiger partial charge < -0.3 is 4.52 Å². The molecule has 0 spiro atoms. The van der Waals surface area contributed by atoms with Crippen LogP contribution < -0.4 is 4.72 Å². The number of benzene rings is 1. The van der Waals surface area contributed by atoms with Crippen molar-refractivity contribution in [2.45, 2.75) is 43.2 Å². The Morgan fingerprint density at radius 1 is 1.29 bits per heavy atom. The average Bonchev–Trinajstić information content (AvgIpc) is 3.14. The van der Waals surface area contributed by atoms with Crippen molar-refractivity contribution in [2.75, 3.05) is 13.6 Å². The summed E-state index contributed by atoms with van der Waals surface area (Å²) in [5.74, 6) is 1.41. The molecule has 1 saturated heterocycles. The molecule has 2 heterocycles. The Bertz CT molecular complexity index is 789. The summed E-state index contributed by atoms with van der Waals surface area (Å²) in [5, 5.41) is 3.99. The molecule has 1 aliphatic rings. The minimum Gasteiger partial charge on any atom is -0.338 e. The van der Waals surface area contributed by atoms with Gasteiger partial charge in [0, 0.05) is 18.5 Å². The van der Waals surface area contributed by atoms with E-state index in [1.54, 1.807) is 30.3 Å². The number of aromatic nitrogens is 2. The predicted molar refractivity (Wildman–Crippen MR) is 88.9 cm³/mol. The van der Waals surface area contributed by atoms with Gasteiger partial charge in [-0.1, -0.05) is 37.2 Å². The van der Waals surface area contributed by atoms with Crippen molar-refractivity contribution < 1.29 is 12.9 Å². The highest BCUT2D eigenvalue weighted by Gasteiger charge is 2.36. The van der Waals surface area contributed by atoms with E-state index in [-0.39, 0.29) is 22.9 Å². The smallest absolute Gasteiger partial charge is 0.244 e. The van der Waals surface area contributed by atoms with Gasteiger partial charge in [-0.3, -0.25) is 4.90 Å². The van der Waals surface area contributed by atoms with Crippen LogP contribution in [0.25, 0.3) is 0 Å². The van der Waals surface area contributed by atoms with Crippen LogP contribution >= 0.6 is 0 Å². The Morgan fingerprint density at radius 3 is 2.62 bits per heavy atom. The summed E-state index contributed by atoms with van der Waals surface area (Å²) in [6.45, 7) is 4.60. The van der Waals surface area contributed by atoms with E-state index in [9.17, 15) is 8.42 Å². The van der Waals surface area contributed by atoms with Crippen molar-refractivity contribution in [1.29, 1.82) is 0 Å². The zero-order valence-electron chi connectivity index (χ0n) is 14.0. The van der Waals surface area contributed by atoms with Crippen molar-refractivity contribution in [1.82, 2.24) is 19.8 Å². The highest BCUT2D eigenvalue weighted by Crippen LogP contribution is 2.31. The highest BCUT2D eigenvalue weighted by molar-refractivity contribution is 7.89. The highest BCUT2D eigenvalue weighted by atomic mass is 32.2. The number of nitrogens with one attached hydrogen (secondary N) is 1. The van der Waals surface area contributed by atoms with Crippen molar-refractivity contribution in [3.8, 4) is 0 Å². The molecule has 2 atom stereocenters.